The summed E-state index contributed by atoms with van der Waals surface area (Å²) in [4.78, 5) is 13.4. The van der Waals surface area contributed by atoms with Gasteiger partial charge in [-0.3, -0.25) is 0 Å². The average Bonchev–Trinajstić information content (AvgIpc) is 2.26. The van der Waals surface area contributed by atoms with E-state index in [0.717, 1.165) is 5.56 Å². The molecule has 16 heavy (non-hydrogen) atoms. The van der Waals surface area contributed by atoms with Gasteiger partial charge in [0.05, 0.1) is 5.56 Å². The molecule has 1 aromatic rings. The lowest BCUT2D eigenvalue weighted by molar-refractivity contribution is 0.0696. The second-order valence-corrected chi connectivity index (χ2v) is 3.71. The van der Waals surface area contributed by atoms with Crippen molar-refractivity contribution in [2.24, 2.45) is 5.11 Å². The van der Waals surface area contributed by atoms with Crippen LogP contribution in [0.3, 0.4) is 0 Å². The van der Waals surface area contributed by atoms with Gasteiger partial charge in [-0.1, -0.05) is 23.3 Å². The Morgan fingerprint density at radius 3 is 3.00 bits per heavy atom. The van der Waals surface area contributed by atoms with Gasteiger partial charge in [0.25, 0.3) is 0 Å². The van der Waals surface area contributed by atoms with Gasteiger partial charge < -0.3 is 5.11 Å². The minimum Gasteiger partial charge on any atom is -0.478 e. The summed E-state index contributed by atoms with van der Waals surface area (Å²) in [6.07, 6.45) is 3.36. The highest BCUT2D eigenvalue weighted by molar-refractivity contribution is 9.10. The molecule has 82 valence electrons. The molecule has 0 aromatic heterocycles. The SMILES string of the molecule is [N-]=[N+]=NCC=Cc1ccc(Br)c(C(=O)O)c1. The second kappa shape index (κ2) is 5.95. The van der Waals surface area contributed by atoms with E-state index in [9.17, 15) is 4.79 Å². The number of benzene rings is 1. The Hall–Kier alpha value is -1.78. The molecule has 6 heteroatoms. The molecule has 0 unspecified atom stereocenters. The van der Waals surface area contributed by atoms with Gasteiger partial charge in [-0.2, -0.15) is 0 Å². The molecule has 1 aromatic carbocycles. The standard InChI is InChI=1S/C10H8BrN3O2/c11-9-4-3-7(2-1-5-13-14-12)6-8(9)10(15)16/h1-4,6H,5H2,(H,15,16). The van der Waals surface area contributed by atoms with Crippen molar-refractivity contribution in [1.29, 1.82) is 0 Å². The van der Waals surface area contributed by atoms with Gasteiger partial charge in [0.1, 0.15) is 0 Å². The third-order valence-electron chi connectivity index (χ3n) is 1.78. The minimum absolute atomic E-state index is 0.200. The number of hydrogen-bond acceptors (Lipinski definition) is 2. The van der Waals surface area contributed by atoms with Gasteiger partial charge in [0.2, 0.25) is 0 Å². The van der Waals surface area contributed by atoms with Crippen molar-refractivity contribution in [2.45, 2.75) is 0 Å². The number of rotatable bonds is 4. The number of halogens is 1. The highest BCUT2D eigenvalue weighted by atomic mass is 79.9. The van der Waals surface area contributed by atoms with Crippen LogP contribution < -0.4 is 0 Å². The van der Waals surface area contributed by atoms with Crippen molar-refractivity contribution < 1.29 is 9.90 Å². The van der Waals surface area contributed by atoms with Crippen molar-refractivity contribution in [3.63, 3.8) is 0 Å². The third-order valence-corrected chi connectivity index (χ3v) is 2.47. The van der Waals surface area contributed by atoms with Gasteiger partial charge in [-0.25, -0.2) is 4.79 Å². The van der Waals surface area contributed by atoms with Crippen LogP contribution in [0, 0.1) is 0 Å². The van der Waals surface area contributed by atoms with E-state index in [1.54, 1.807) is 30.4 Å². The number of hydrogen-bond donors (Lipinski definition) is 1. The predicted octanol–water partition coefficient (Wildman–Crippen LogP) is 3.47. The van der Waals surface area contributed by atoms with Gasteiger partial charge in [-0.15, -0.1) is 0 Å². The van der Waals surface area contributed by atoms with Gasteiger partial charge in [-0.05, 0) is 39.2 Å². The zero-order chi connectivity index (χ0) is 12.0. The van der Waals surface area contributed by atoms with Crippen LogP contribution in [0.5, 0.6) is 0 Å². The summed E-state index contributed by atoms with van der Waals surface area (Å²) < 4.78 is 0.534. The first-order chi connectivity index (χ1) is 7.65. The average molecular weight is 282 g/mol. The normalized spacial score (nSPS) is 10.1. The Kier molecular flexibility index (Phi) is 4.57. The summed E-state index contributed by atoms with van der Waals surface area (Å²) in [7, 11) is 0. The summed E-state index contributed by atoms with van der Waals surface area (Å²) in [5, 5.41) is 12.2. The van der Waals surface area contributed by atoms with Crippen LogP contribution in [0.1, 0.15) is 15.9 Å². The van der Waals surface area contributed by atoms with Crippen LogP contribution in [0.4, 0.5) is 0 Å². The highest BCUT2D eigenvalue weighted by Gasteiger charge is 2.07. The van der Waals surface area contributed by atoms with E-state index in [1.165, 1.54) is 0 Å². The largest absolute Gasteiger partial charge is 0.478 e. The molecule has 0 atom stereocenters. The molecule has 0 aliphatic heterocycles. The summed E-state index contributed by atoms with van der Waals surface area (Å²) in [6, 6.07) is 4.97. The minimum atomic E-state index is -0.989. The Balaban J connectivity index is 2.90. The fraction of sp³-hybridized carbons (Fsp3) is 0.100. The fourth-order valence-electron chi connectivity index (χ4n) is 1.08. The maximum absolute atomic E-state index is 10.8. The van der Waals surface area contributed by atoms with Crippen molar-refractivity contribution in [2.75, 3.05) is 6.54 Å². The number of nitrogens with zero attached hydrogens (tertiary/aromatic N) is 3. The Morgan fingerprint density at radius 2 is 2.38 bits per heavy atom. The summed E-state index contributed by atoms with van der Waals surface area (Å²) in [6.45, 7) is 0.245. The van der Waals surface area contributed by atoms with Crippen LogP contribution in [-0.2, 0) is 0 Å². The van der Waals surface area contributed by atoms with Crippen LogP contribution in [-0.4, -0.2) is 17.6 Å². The smallest absolute Gasteiger partial charge is 0.336 e. The van der Waals surface area contributed by atoms with E-state index >= 15 is 0 Å². The quantitative estimate of drug-likeness (QED) is 0.520. The summed E-state index contributed by atoms with van der Waals surface area (Å²) in [5.41, 5.74) is 9.00. The monoisotopic (exact) mass is 281 g/mol. The molecule has 0 radical (unpaired) electrons. The lowest BCUT2D eigenvalue weighted by atomic mass is 10.1. The Labute approximate surface area is 100 Å². The number of aromatic carboxylic acids is 1. The van der Waals surface area contributed by atoms with Crippen LogP contribution in [0.2, 0.25) is 0 Å². The topological polar surface area (TPSA) is 86.1 Å². The molecule has 0 fully saturated rings. The molecule has 0 spiro atoms. The van der Waals surface area contributed by atoms with E-state index in [1.807, 2.05) is 0 Å². The second-order valence-electron chi connectivity index (χ2n) is 2.86. The van der Waals surface area contributed by atoms with Crippen molar-refractivity contribution in [3.05, 3.63) is 50.3 Å². The molecule has 1 rings (SSSR count). The van der Waals surface area contributed by atoms with E-state index in [-0.39, 0.29) is 12.1 Å². The molecular weight excluding hydrogens is 274 g/mol. The number of carbonyl (C=O) groups is 1. The van der Waals surface area contributed by atoms with E-state index in [2.05, 4.69) is 26.0 Å². The van der Waals surface area contributed by atoms with E-state index in [4.69, 9.17) is 10.6 Å². The number of carboxylic acids is 1. The maximum atomic E-state index is 10.8. The van der Waals surface area contributed by atoms with Crippen molar-refractivity contribution in [3.8, 4) is 0 Å². The van der Waals surface area contributed by atoms with E-state index < -0.39 is 5.97 Å². The molecule has 0 heterocycles. The molecule has 0 aliphatic carbocycles. The zero-order valence-corrected chi connectivity index (χ0v) is 9.75. The Bertz CT molecular complexity index is 479. The van der Waals surface area contributed by atoms with Crippen LogP contribution in [0.15, 0.2) is 33.9 Å². The number of azide groups is 1. The maximum Gasteiger partial charge on any atom is 0.336 e. The molecule has 0 aliphatic rings. The first-order valence-electron chi connectivity index (χ1n) is 4.35. The van der Waals surface area contributed by atoms with Crippen molar-refractivity contribution in [1.82, 2.24) is 0 Å². The fourth-order valence-corrected chi connectivity index (χ4v) is 1.50. The lowest BCUT2D eigenvalue weighted by Crippen LogP contribution is -1.97. The van der Waals surface area contributed by atoms with Crippen LogP contribution >= 0.6 is 15.9 Å². The van der Waals surface area contributed by atoms with Gasteiger partial charge in [0.15, 0.2) is 0 Å². The third kappa shape index (κ3) is 3.42. The summed E-state index contributed by atoms with van der Waals surface area (Å²) >= 11 is 3.15. The molecule has 0 saturated heterocycles. The predicted molar refractivity (Wildman–Crippen MR) is 64.1 cm³/mol. The van der Waals surface area contributed by atoms with Crippen molar-refractivity contribution >= 4 is 28.0 Å². The Morgan fingerprint density at radius 1 is 1.62 bits per heavy atom. The molecule has 5 nitrogen and oxygen atoms in total. The van der Waals surface area contributed by atoms with E-state index in [0.29, 0.717) is 4.47 Å². The number of carboxylic acid groups (broad SMARTS) is 1. The first kappa shape index (κ1) is 12.3. The molecule has 0 amide bonds. The lowest BCUT2D eigenvalue weighted by Gasteiger charge is -2.00. The first-order valence-corrected chi connectivity index (χ1v) is 5.14. The van der Waals surface area contributed by atoms with Gasteiger partial charge in [0, 0.05) is 15.9 Å². The zero-order valence-electron chi connectivity index (χ0n) is 8.17. The molecule has 0 saturated carbocycles. The highest BCUT2D eigenvalue weighted by Crippen LogP contribution is 2.19. The summed E-state index contributed by atoms with van der Waals surface area (Å²) in [5.74, 6) is -0.989. The molecular formula is C10H8BrN3O2. The molecule has 0 bridgehead atoms. The molecule has 1 N–H and O–H groups in total. The van der Waals surface area contributed by atoms with Crippen LogP contribution in [0.25, 0.3) is 16.5 Å². The van der Waals surface area contributed by atoms with Gasteiger partial charge >= 0.3 is 5.97 Å².